The Kier molecular flexibility index (Phi) is 4.81. The van der Waals surface area contributed by atoms with E-state index in [-0.39, 0.29) is 11.9 Å². The van der Waals surface area contributed by atoms with Crippen molar-refractivity contribution in [2.45, 2.75) is 19.5 Å². The van der Waals surface area contributed by atoms with Crippen LogP contribution >= 0.6 is 0 Å². The van der Waals surface area contributed by atoms with Crippen LogP contribution in [0.5, 0.6) is 5.75 Å². The predicted octanol–water partition coefficient (Wildman–Crippen LogP) is 3.49. The van der Waals surface area contributed by atoms with Crippen LogP contribution in [-0.2, 0) is 6.54 Å². The summed E-state index contributed by atoms with van der Waals surface area (Å²) in [7, 11) is 3.62. The summed E-state index contributed by atoms with van der Waals surface area (Å²) in [6.45, 7) is 2.58. The average molecular weight is 288 g/mol. The van der Waals surface area contributed by atoms with Crippen molar-refractivity contribution >= 4 is 5.69 Å². The Morgan fingerprint density at radius 1 is 1.19 bits per heavy atom. The van der Waals surface area contributed by atoms with Crippen molar-refractivity contribution < 1.29 is 9.13 Å². The van der Waals surface area contributed by atoms with Crippen LogP contribution in [0.2, 0.25) is 0 Å². The van der Waals surface area contributed by atoms with Gasteiger partial charge in [-0.15, -0.1) is 0 Å². The normalized spacial score (nSPS) is 12.0. The molecule has 0 radical (unpaired) electrons. The molecule has 2 aromatic carbocycles. The van der Waals surface area contributed by atoms with Gasteiger partial charge in [0, 0.05) is 25.3 Å². The molecule has 2 aromatic rings. The molecule has 0 fully saturated rings. The standard InChI is InChI=1S/C17H21FN2O/c1-12(19)16-10-14(18)6-9-17(16)20(2)11-13-4-7-15(21-3)8-5-13/h4-10,12H,11,19H2,1-3H3. The number of methoxy groups -OCH3 is 1. The van der Waals surface area contributed by atoms with E-state index in [2.05, 4.69) is 4.90 Å². The molecule has 112 valence electrons. The molecular formula is C17H21FN2O. The number of anilines is 1. The number of nitrogens with zero attached hydrogens (tertiary/aromatic N) is 1. The van der Waals surface area contributed by atoms with Gasteiger partial charge >= 0.3 is 0 Å². The third-order valence-electron chi connectivity index (χ3n) is 3.47. The molecule has 0 saturated heterocycles. The summed E-state index contributed by atoms with van der Waals surface area (Å²) in [4.78, 5) is 2.07. The molecular weight excluding hydrogens is 267 g/mol. The Balaban J connectivity index is 2.21. The summed E-state index contributed by atoms with van der Waals surface area (Å²) >= 11 is 0. The Morgan fingerprint density at radius 3 is 2.43 bits per heavy atom. The molecule has 0 spiro atoms. The van der Waals surface area contributed by atoms with Gasteiger partial charge in [-0.05, 0) is 48.4 Å². The lowest BCUT2D eigenvalue weighted by atomic mass is 10.1. The maximum absolute atomic E-state index is 13.4. The Labute approximate surface area is 125 Å². The molecule has 0 aromatic heterocycles. The molecule has 1 atom stereocenters. The fourth-order valence-electron chi connectivity index (χ4n) is 2.33. The van der Waals surface area contributed by atoms with Crippen LogP contribution in [-0.4, -0.2) is 14.2 Å². The second-order valence-corrected chi connectivity index (χ2v) is 5.20. The number of halogens is 1. The van der Waals surface area contributed by atoms with Crippen molar-refractivity contribution in [1.82, 2.24) is 0 Å². The summed E-state index contributed by atoms with van der Waals surface area (Å²) in [5.41, 5.74) is 8.85. The fourth-order valence-corrected chi connectivity index (χ4v) is 2.33. The molecule has 0 heterocycles. The molecule has 0 aliphatic carbocycles. The lowest BCUT2D eigenvalue weighted by Gasteiger charge is -2.24. The molecule has 0 amide bonds. The van der Waals surface area contributed by atoms with Gasteiger partial charge in [-0.3, -0.25) is 0 Å². The van der Waals surface area contributed by atoms with E-state index in [4.69, 9.17) is 10.5 Å². The minimum Gasteiger partial charge on any atom is -0.497 e. The summed E-state index contributed by atoms with van der Waals surface area (Å²) < 4.78 is 18.5. The van der Waals surface area contributed by atoms with Gasteiger partial charge in [-0.1, -0.05) is 12.1 Å². The van der Waals surface area contributed by atoms with Gasteiger partial charge in [0.1, 0.15) is 11.6 Å². The zero-order valence-electron chi connectivity index (χ0n) is 12.6. The number of nitrogens with two attached hydrogens (primary N) is 1. The molecule has 0 bridgehead atoms. The average Bonchev–Trinajstić information content (AvgIpc) is 2.47. The third-order valence-corrected chi connectivity index (χ3v) is 3.47. The van der Waals surface area contributed by atoms with Gasteiger partial charge in [-0.25, -0.2) is 4.39 Å². The van der Waals surface area contributed by atoms with Crippen LogP contribution in [0.3, 0.4) is 0 Å². The van der Waals surface area contributed by atoms with Gasteiger partial charge < -0.3 is 15.4 Å². The minimum absolute atomic E-state index is 0.214. The first-order chi connectivity index (χ1) is 10.0. The highest BCUT2D eigenvalue weighted by atomic mass is 19.1. The second kappa shape index (κ2) is 6.59. The molecule has 21 heavy (non-hydrogen) atoms. The van der Waals surface area contributed by atoms with Crippen LogP contribution in [0, 0.1) is 5.82 Å². The quantitative estimate of drug-likeness (QED) is 0.915. The van der Waals surface area contributed by atoms with Crippen LogP contribution in [0.4, 0.5) is 10.1 Å². The van der Waals surface area contributed by atoms with Crippen molar-refractivity contribution in [3.05, 3.63) is 59.4 Å². The summed E-state index contributed by atoms with van der Waals surface area (Å²) in [5.74, 6) is 0.573. The molecule has 3 nitrogen and oxygen atoms in total. The largest absolute Gasteiger partial charge is 0.497 e. The Hall–Kier alpha value is -2.07. The molecule has 1 unspecified atom stereocenters. The number of rotatable bonds is 5. The summed E-state index contributed by atoms with van der Waals surface area (Å²) in [5, 5.41) is 0. The van der Waals surface area contributed by atoms with E-state index in [1.54, 1.807) is 13.2 Å². The van der Waals surface area contributed by atoms with E-state index < -0.39 is 0 Å². The van der Waals surface area contributed by atoms with Gasteiger partial charge in [0.2, 0.25) is 0 Å². The highest BCUT2D eigenvalue weighted by Gasteiger charge is 2.12. The van der Waals surface area contributed by atoms with Gasteiger partial charge in [-0.2, -0.15) is 0 Å². The van der Waals surface area contributed by atoms with Crippen molar-refractivity contribution in [3.8, 4) is 5.75 Å². The first kappa shape index (κ1) is 15.3. The monoisotopic (exact) mass is 288 g/mol. The first-order valence-corrected chi connectivity index (χ1v) is 6.90. The summed E-state index contributed by atoms with van der Waals surface area (Å²) in [6.07, 6.45) is 0. The molecule has 0 aliphatic heterocycles. The zero-order valence-corrected chi connectivity index (χ0v) is 12.6. The Bertz CT molecular complexity index is 596. The molecule has 0 aliphatic rings. The maximum atomic E-state index is 13.4. The summed E-state index contributed by atoms with van der Waals surface area (Å²) in [6, 6.07) is 12.4. The van der Waals surface area contributed by atoms with E-state index in [9.17, 15) is 4.39 Å². The maximum Gasteiger partial charge on any atom is 0.123 e. The Morgan fingerprint density at radius 2 is 1.86 bits per heavy atom. The first-order valence-electron chi connectivity index (χ1n) is 6.90. The SMILES string of the molecule is COc1ccc(CN(C)c2ccc(F)cc2C(C)N)cc1. The van der Waals surface area contributed by atoms with Crippen molar-refractivity contribution in [2.75, 3.05) is 19.1 Å². The lowest BCUT2D eigenvalue weighted by Crippen LogP contribution is -2.20. The molecule has 4 heteroatoms. The number of hydrogen-bond acceptors (Lipinski definition) is 3. The minimum atomic E-state index is -0.260. The number of hydrogen-bond donors (Lipinski definition) is 1. The number of ether oxygens (including phenoxy) is 1. The van der Waals surface area contributed by atoms with E-state index >= 15 is 0 Å². The van der Waals surface area contributed by atoms with Crippen LogP contribution in [0.15, 0.2) is 42.5 Å². The highest BCUT2D eigenvalue weighted by Crippen LogP contribution is 2.26. The molecule has 2 N–H and O–H groups in total. The van der Waals surface area contributed by atoms with Crippen molar-refractivity contribution in [3.63, 3.8) is 0 Å². The van der Waals surface area contributed by atoms with E-state index in [0.29, 0.717) is 0 Å². The smallest absolute Gasteiger partial charge is 0.123 e. The van der Waals surface area contributed by atoms with Gasteiger partial charge in [0.25, 0.3) is 0 Å². The van der Waals surface area contributed by atoms with Gasteiger partial charge in [0.05, 0.1) is 7.11 Å². The number of benzene rings is 2. The van der Waals surface area contributed by atoms with Crippen molar-refractivity contribution in [1.29, 1.82) is 0 Å². The van der Waals surface area contributed by atoms with E-state index in [0.717, 1.165) is 29.1 Å². The highest BCUT2D eigenvalue weighted by molar-refractivity contribution is 5.55. The van der Waals surface area contributed by atoms with Crippen LogP contribution in [0.1, 0.15) is 24.1 Å². The molecule has 2 rings (SSSR count). The third kappa shape index (κ3) is 3.73. The van der Waals surface area contributed by atoms with E-state index in [1.165, 1.54) is 12.1 Å². The van der Waals surface area contributed by atoms with Crippen LogP contribution < -0.4 is 15.4 Å². The second-order valence-electron chi connectivity index (χ2n) is 5.20. The van der Waals surface area contributed by atoms with Gasteiger partial charge in [0.15, 0.2) is 0 Å². The predicted molar refractivity (Wildman–Crippen MR) is 84.1 cm³/mol. The van der Waals surface area contributed by atoms with Crippen LogP contribution in [0.25, 0.3) is 0 Å². The van der Waals surface area contributed by atoms with E-state index in [1.807, 2.05) is 38.2 Å². The lowest BCUT2D eigenvalue weighted by molar-refractivity contribution is 0.414. The fraction of sp³-hybridized carbons (Fsp3) is 0.294. The topological polar surface area (TPSA) is 38.5 Å². The zero-order chi connectivity index (χ0) is 15.4. The molecule has 0 saturated carbocycles. The van der Waals surface area contributed by atoms with Crippen molar-refractivity contribution in [2.24, 2.45) is 5.73 Å².